The van der Waals surface area contributed by atoms with Crippen molar-refractivity contribution >= 4 is 28.9 Å². The fourth-order valence-corrected chi connectivity index (χ4v) is 3.28. The van der Waals surface area contributed by atoms with Crippen LogP contribution in [0, 0.1) is 6.92 Å². The fourth-order valence-electron chi connectivity index (χ4n) is 3.28. The third kappa shape index (κ3) is 4.00. The highest BCUT2D eigenvalue weighted by atomic mass is 16.5. The highest BCUT2D eigenvalue weighted by Gasteiger charge is 2.30. The van der Waals surface area contributed by atoms with Gasteiger partial charge in [0.1, 0.15) is 13.2 Å². The van der Waals surface area contributed by atoms with Gasteiger partial charge in [-0.15, -0.1) is 0 Å². The largest absolute Gasteiger partial charge is 0.463 e. The lowest BCUT2D eigenvalue weighted by atomic mass is 10.0. The lowest BCUT2D eigenvalue weighted by molar-refractivity contribution is -0.144. The number of rotatable bonds is 6. The maximum absolute atomic E-state index is 12.4. The van der Waals surface area contributed by atoms with Crippen LogP contribution in [-0.4, -0.2) is 41.8 Å². The summed E-state index contributed by atoms with van der Waals surface area (Å²) in [6.07, 6.45) is 0. The van der Waals surface area contributed by atoms with Crippen LogP contribution in [0.2, 0.25) is 0 Å². The number of carbonyl (C=O) groups excluding carboxylic acids is 3. The highest BCUT2D eigenvalue weighted by molar-refractivity contribution is 5.94. The van der Waals surface area contributed by atoms with Gasteiger partial charge in [-0.3, -0.25) is 4.79 Å². The Bertz CT molecular complexity index is 960. The molecule has 0 saturated carbocycles. The molecule has 28 heavy (non-hydrogen) atoms. The molecular weight excluding hydrogens is 362 g/mol. The molecule has 2 amide bonds. The number of aryl methyl sites for hydroxylation is 1. The van der Waals surface area contributed by atoms with Crippen LogP contribution < -0.4 is 10.6 Å². The molecule has 0 fully saturated rings. The Labute approximate surface area is 162 Å². The van der Waals surface area contributed by atoms with Gasteiger partial charge in [0.2, 0.25) is 0 Å². The van der Waals surface area contributed by atoms with Crippen molar-refractivity contribution < 1.29 is 23.9 Å². The number of amides is 2. The zero-order valence-electron chi connectivity index (χ0n) is 16.1. The Morgan fingerprint density at radius 3 is 2.71 bits per heavy atom. The SMILES string of the molecule is CCOC(=O)C1=C(COC(=O)Cn2c(C)cc3ccccc32)NC(=O)NC1C. The second-order valence-electron chi connectivity index (χ2n) is 6.52. The van der Waals surface area contributed by atoms with E-state index in [2.05, 4.69) is 10.6 Å². The summed E-state index contributed by atoms with van der Waals surface area (Å²) in [5.74, 6) is -1.03. The van der Waals surface area contributed by atoms with Crippen molar-refractivity contribution in [2.75, 3.05) is 13.2 Å². The summed E-state index contributed by atoms with van der Waals surface area (Å²) in [5, 5.41) is 6.17. The molecule has 1 atom stereocenters. The summed E-state index contributed by atoms with van der Waals surface area (Å²) >= 11 is 0. The number of para-hydroxylation sites is 1. The van der Waals surface area contributed by atoms with Gasteiger partial charge >= 0.3 is 18.0 Å². The normalized spacial score (nSPS) is 16.5. The molecule has 1 unspecified atom stereocenters. The summed E-state index contributed by atoms with van der Waals surface area (Å²) < 4.78 is 12.2. The number of fused-ring (bicyclic) bond motifs is 1. The lowest BCUT2D eigenvalue weighted by Crippen LogP contribution is -2.50. The number of urea groups is 1. The molecule has 0 radical (unpaired) electrons. The zero-order chi connectivity index (χ0) is 20.3. The van der Waals surface area contributed by atoms with Crippen LogP contribution in [0.15, 0.2) is 41.6 Å². The molecular formula is C20H23N3O5. The first-order chi connectivity index (χ1) is 13.4. The number of benzene rings is 1. The van der Waals surface area contributed by atoms with E-state index >= 15 is 0 Å². The first-order valence-electron chi connectivity index (χ1n) is 9.09. The van der Waals surface area contributed by atoms with E-state index in [0.29, 0.717) is 0 Å². The van der Waals surface area contributed by atoms with Gasteiger partial charge in [-0.2, -0.15) is 0 Å². The maximum Gasteiger partial charge on any atom is 0.338 e. The quantitative estimate of drug-likeness (QED) is 0.741. The lowest BCUT2D eigenvalue weighted by Gasteiger charge is -2.26. The molecule has 2 heterocycles. The minimum absolute atomic E-state index is 0.0309. The molecule has 1 aromatic carbocycles. The average Bonchev–Trinajstić information content (AvgIpc) is 2.95. The Hall–Kier alpha value is -3.29. The first kappa shape index (κ1) is 19.5. The maximum atomic E-state index is 12.4. The molecule has 148 valence electrons. The molecule has 1 aromatic heterocycles. The average molecular weight is 385 g/mol. The zero-order valence-corrected chi connectivity index (χ0v) is 16.1. The van der Waals surface area contributed by atoms with E-state index in [0.717, 1.165) is 16.6 Å². The van der Waals surface area contributed by atoms with Crippen LogP contribution in [0.1, 0.15) is 19.5 Å². The molecule has 0 bridgehead atoms. The van der Waals surface area contributed by atoms with Gasteiger partial charge in [0.05, 0.1) is 23.9 Å². The summed E-state index contributed by atoms with van der Waals surface area (Å²) in [4.78, 5) is 36.4. The predicted octanol–water partition coefficient (Wildman–Crippen LogP) is 2.01. The summed E-state index contributed by atoms with van der Waals surface area (Å²) in [5.41, 5.74) is 2.36. The van der Waals surface area contributed by atoms with E-state index in [1.807, 2.05) is 41.8 Å². The van der Waals surface area contributed by atoms with Gasteiger partial charge in [-0.05, 0) is 38.3 Å². The molecule has 0 spiro atoms. The molecule has 1 aliphatic heterocycles. The van der Waals surface area contributed by atoms with Crippen molar-refractivity contribution in [1.29, 1.82) is 0 Å². The summed E-state index contributed by atoms with van der Waals surface area (Å²) in [6, 6.07) is 8.76. The fraction of sp³-hybridized carbons (Fsp3) is 0.350. The van der Waals surface area contributed by atoms with Crippen molar-refractivity contribution in [1.82, 2.24) is 15.2 Å². The molecule has 8 nitrogen and oxygen atoms in total. The van der Waals surface area contributed by atoms with Gasteiger partial charge in [-0.25, -0.2) is 9.59 Å². The minimum atomic E-state index is -0.555. The van der Waals surface area contributed by atoms with E-state index in [1.54, 1.807) is 13.8 Å². The number of nitrogens with one attached hydrogen (secondary N) is 2. The third-order valence-corrected chi connectivity index (χ3v) is 4.55. The smallest absolute Gasteiger partial charge is 0.338 e. The van der Waals surface area contributed by atoms with E-state index in [-0.39, 0.29) is 31.0 Å². The number of nitrogens with zero attached hydrogens (tertiary/aromatic N) is 1. The van der Waals surface area contributed by atoms with Crippen LogP contribution in [0.4, 0.5) is 4.79 Å². The van der Waals surface area contributed by atoms with Crippen molar-refractivity contribution in [2.45, 2.75) is 33.4 Å². The number of hydrogen-bond acceptors (Lipinski definition) is 5. The Morgan fingerprint density at radius 1 is 1.21 bits per heavy atom. The number of carbonyl (C=O) groups is 3. The molecule has 2 aromatic rings. The van der Waals surface area contributed by atoms with Crippen LogP contribution in [0.3, 0.4) is 0 Å². The minimum Gasteiger partial charge on any atom is -0.463 e. The van der Waals surface area contributed by atoms with Crippen LogP contribution in [0.5, 0.6) is 0 Å². The molecule has 0 saturated heterocycles. The van der Waals surface area contributed by atoms with E-state index < -0.39 is 24.0 Å². The number of hydrogen-bond donors (Lipinski definition) is 2. The molecule has 1 aliphatic rings. The molecule has 8 heteroatoms. The Kier molecular flexibility index (Phi) is 5.67. The van der Waals surface area contributed by atoms with Crippen LogP contribution in [-0.2, 0) is 25.6 Å². The van der Waals surface area contributed by atoms with Crippen molar-refractivity contribution in [3.63, 3.8) is 0 Å². The van der Waals surface area contributed by atoms with Gasteiger partial charge in [-0.1, -0.05) is 18.2 Å². The standard InChI is InChI=1S/C20H23N3O5/c1-4-27-19(25)18-13(3)21-20(26)22-15(18)11-28-17(24)10-23-12(2)9-14-7-5-6-8-16(14)23/h5-9,13H,4,10-11H2,1-3H3,(H2,21,22,26). The van der Waals surface area contributed by atoms with E-state index in [9.17, 15) is 14.4 Å². The monoisotopic (exact) mass is 385 g/mol. The van der Waals surface area contributed by atoms with Crippen molar-refractivity contribution in [3.8, 4) is 0 Å². The number of aromatic nitrogens is 1. The second-order valence-corrected chi connectivity index (χ2v) is 6.52. The van der Waals surface area contributed by atoms with Crippen LogP contribution >= 0.6 is 0 Å². The van der Waals surface area contributed by atoms with Gasteiger partial charge < -0.3 is 24.7 Å². The van der Waals surface area contributed by atoms with Gasteiger partial charge in [0.15, 0.2) is 0 Å². The number of ether oxygens (including phenoxy) is 2. The first-order valence-corrected chi connectivity index (χ1v) is 9.09. The highest BCUT2D eigenvalue weighted by Crippen LogP contribution is 2.19. The topological polar surface area (TPSA) is 98.7 Å². The van der Waals surface area contributed by atoms with Crippen molar-refractivity contribution in [2.24, 2.45) is 0 Å². The van der Waals surface area contributed by atoms with E-state index in [4.69, 9.17) is 9.47 Å². The Morgan fingerprint density at radius 2 is 1.96 bits per heavy atom. The molecule has 2 N–H and O–H groups in total. The summed E-state index contributed by atoms with van der Waals surface area (Å²) in [6.45, 7) is 5.30. The predicted molar refractivity (Wildman–Crippen MR) is 102 cm³/mol. The number of esters is 2. The van der Waals surface area contributed by atoms with Crippen LogP contribution in [0.25, 0.3) is 10.9 Å². The Balaban J connectivity index is 1.74. The summed E-state index contributed by atoms with van der Waals surface area (Å²) in [7, 11) is 0. The molecule has 0 aliphatic carbocycles. The third-order valence-electron chi connectivity index (χ3n) is 4.55. The van der Waals surface area contributed by atoms with E-state index in [1.165, 1.54) is 0 Å². The molecule has 3 rings (SSSR count). The van der Waals surface area contributed by atoms with Gasteiger partial charge in [0, 0.05) is 11.2 Å². The second kappa shape index (κ2) is 8.16. The van der Waals surface area contributed by atoms with Crippen molar-refractivity contribution in [3.05, 3.63) is 47.3 Å². The van der Waals surface area contributed by atoms with Gasteiger partial charge in [0.25, 0.3) is 0 Å².